The monoisotopic (exact) mass is 418 g/mol. The highest BCUT2D eigenvalue weighted by atomic mass is 35.5. The molecule has 1 saturated heterocycles. The zero-order valence-corrected chi connectivity index (χ0v) is 16.8. The van der Waals surface area contributed by atoms with Crippen LogP contribution in [-0.4, -0.2) is 36.7 Å². The predicted molar refractivity (Wildman–Crippen MR) is 115 cm³/mol. The van der Waals surface area contributed by atoms with E-state index in [4.69, 9.17) is 17.3 Å². The zero-order chi connectivity index (χ0) is 20.7. The first-order chi connectivity index (χ1) is 14.6. The number of fused-ring (bicyclic) bond motifs is 1. The molecule has 0 aliphatic carbocycles. The molecule has 0 bridgehead atoms. The van der Waals surface area contributed by atoms with E-state index in [2.05, 4.69) is 15.0 Å². The van der Waals surface area contributed by atoms with Gasteiger partial charge in [-0.05, 0) is 43.2 Å². The third-order valence-electron chi connectivity index (χ3n) is 5.40. The molecule has 1 atom stereocenters. The van der Waals surface area contributed by atoms with Crippen LogP contribution in [0, 0.1) is 0 Å². The van der Waals surface area contributed by atoms with E-state index in [-0.39, 0.29) is 11.9 Å². The number of pyridine rings is 3. The summed E-state index contributed by atoms with van der Waals surface area (Å²) < 4.78 is 1.77. The average molecular weight is 419 g/mol. The molecule has 1 aliphatic rings. The molecule has 8 heteroatoms. The third-order valence-corrected chi connectivity index (χ3v) is 5.62. The van der Waals surface area contributed by atoms with Crippen molar-refractivity contribution in [1.82, 2.24) is 24.3 Å². The average Bonchev–Trinajstić information content (AvgIpc) is 3.41. The van der Waals surface area contributed by atoms with Crippen LogP contribution >= 0.6 is 11.6 Å². The van der Waals surface area contributed by atoms with Gasteiger partial charge in [0.1, 0.15) is 17.2 Å². The third kappa shape index (κ3) is 3.37. The molecule has 30 heavy (non-hydrogen) atoms. The Kier molecular flexibility index (Phi) is 4.59. The lowest BCUT2D eigenvalue weighted by atomic mass is 10.1. The molecule has 0 radical (unpaired) electrons. The first-order valence-corrected chi connectivity index (χ1v) is 10.1. The molecule has 1 amide bonds. The fraction of sp³-hybridized carbons (Fsp3) is 0.182. The Balaban J connectivity index is 1.40. The maximum absolute atomic E-state index is 13.2. The largest absolute Gasteiger partial charge is 0.384 e. The molecule has 150 valence electrons. The molecular weight excluding hydrogens is 400 g/mol. The summed E-state index contributed by atoms with van der Waals surface area (Å²) in [5.41, 5.74) is 9.54. The molecule has 5 rings (SSSR count). The minimum atomic E-state index is -0.0917. The van der Waals surface area contributed by atoms with Gasteiger partial charge in [0.05, 0.1) is 16.8 Å². The number of likely N-dealkylation sites (tertiary alicyclic amines) is 1. The minimum Gasteiger partial charge on any atom is -0.384 e. The van der Waals surface area contributed by atoms with E-state index in [1.54, 1.807) is 41.2 Å². The van der Waals surface area contributed by atoms with E-state index in [0.717, 1.165) is 29.7 Å². The molecule has 7 nitrogen and oxygen atoms in total. The lowest BCUT2D eigenvalue weighted by Crippen LogP contribution is -2.31. The summed E-state index contributed by atoms with van der Waals surface area (Å²) in [7, 11) is 0. The molecule has 1 fully saturated rings. The summed E-state index contributed by atoms with van der Waals surface area (Å²) in [4.78, 5) is 28.3. The topological polar surface area (TPSA) is 89.4 Å². The van der Waals surface area contributed by atoms with Crippen LogP contribution in [0.2, 0.25) is 5.02 Å². The number of amides is 1. The van der Waals surface area contributed by atoms with Crippen LogP contribution in [0.25, 0.3) is 16.8 Å². The molecular formula is C22H19ClN6O. The van der Waals surface area contributed by atoms with Crippen molar-refractivity contribution >= 4 is 29.0 Å². The number of halogens is 1. The number of nitrogen functional groups attached to an aromatic ring is 1. The van der Waals surface area contributed by atoms with Gasteiger partial charge in [-0.25, -0.2) is 9.97 Å². The molecule has 1 unspecified atom stereocenters. The molecule has 4 aromatic heterocycles. The number of anilines is 1. The van der Waals surface area contributed by atoms with Crippen LogP contribution in [0.1, 0.15) is 35.1 Å². The fourth-order valence-electron chi connectivity index (χ4n) is 3.88. The van der Waals surface area contributed by atoms with Crippen LogP contribution in [0.3, 0.4) is 0 Å². The van der Waals surface area contributed by atoms with E-state index in [1.807, 2.05) is 29.3 Å². The first kappa shape index (κ1) is 18.6. The van der Waals surface area contributed by atoms with Crippen LogP contribution in [0.15, 0.2) is 61.2 Å². The highest BCUT2D eigenvalue weighted by Gasteiger charge is 2.32. The Morgan fingerprint density at radius 1 is 1.03 bits per heavy atom. The van der Waals surface area contributed by atoms with Crippen molar-refractivity contribution in [3.05, 3.63) is 77.6 Å². The summed E-state index contributed by atoms with van der Waals surface area (Å²) in [5.74, 6) is 0.392. The van der Waals surface area contributed by atoms with Crippen molar-refractivity contribution in [3.8, 4) is 11.1 Å². The van der Waals surface area contributed by atoms with Crippen molar-refractivity contribution in [2.45, 2.75) is 18.9 Å². The van der Waals surface area contributed by atoms with E-state index in [0.29, 0.717) is 28.7 Å². The van der Waals surface area contributed by atoms with Crippen LogP contribution < -0.4 is 5.73 Å². The van der Waals surface area contributed by atoms with Gasteiger partial charge in [0.15, 0.2) is 0 Å². The summed E-state index contributed by atoms with van der Waals surface area (Å²) in [6.07, 6.45) is 8.82. The zero-order valence-electron chi connectivity index (χ0n) is 16.1. The summed E-state index contributed by atoms with van der Waals surface area (Å²) in [6, 6.07) is 11.2. The van der Waals surface area contributed by atoms with Crippen molar-refractivity contribution in [2.75, 3.05) is 12.3 Å². The maximum Gasteiger partial charge on any atom is 0.274 e. The lowest BCUT2D eigenvalue weighted by molar-refractivity contribution is 0.0727. The number of hydrogen-bond donors (Lipinski definition) is 1. The molecule has 0 saturated carbocycles. The second-order valence-electron chi connectivity index (χ2n) is 7.34. The summed E-state index contributed by atoms with van der Waals surface area (Å²) >= 11 is 6.04. The van der Waals surface area contributed by atoms with Crippen molar-refractivity contribution in [2.24, 2.45) is 0 Å². The van der Waals surface area contributed by atoms with Gasteiger partial charge in [0.2, 0.25) is 0 Å². The SMILES string of the molecule is Nc1ccc(-c2ccc(C3CCCN3C(=O)c3cn4cc(Cl)ccc4n3)nc2)cn1. The molecule has 4 aromatic rings. The Morgan fingerprint density at radius 2 is 1.83 bits per heavy atom. The summed E-state index contributed by atoms with van der Waals surface area (Å²) in [5, 5.41) is 0.596. The Bertz CT molecular complexity index is 1220. The van der Waals surface area contributed by atoms with E-state index in [9.17, 15) is 4.79 Å². The summed E-state index contributed by atoms with van der Waals surface area (Å²) in [6.45, 7) is 0.684. The second kappa shape index (κ2) is 7.42. The number of carbonyl (C=O) groups excluding carboxylic acids is 1. The highest BCUT2D eigenvalue weighted by Crippen LogP contribution is 2.33. The standard InChI is InChI=1S/C22H19ClN6O/c23-16-5-8-21-27-18(13-28(21)12-16)22(30)29-9-1-2-19(29)17-6-3-14(10-25-17)15-4-7-20(24)26-11-15/h3-8,10-13,19H,1-2,9H2,(H2,24,26). The fourth-order valence-corrected chi connectivity index (χ4v) is 4.05. The van der Waals surface area contributed by atoms with Gasteiger partial charge in [-0.3, -0.25) is 9.78 Å². The quantitative estimate of drug-likeness (QED) is 0.543. The van der Waals surface area contributed by atoms with Crippen molar-refractivity contribution in [1.29, 1.82) is 0 Å². The maximum atomic E-state index is 13.2. The number of nitrogens with zero attached hydrogens (tertiary/aromatic N) is 5. The van der Waals surface area contributed by atoms with Crippen LogP contribution in [0.4, 0.5) is 5.82 Å². The predicted octanol–water partition coefficient (Wildman–Crippen LogP) is 4.00. The molecule has 0 spiro atoms. The Morgan fingerprint density at radius 3 is 2.57 bits per heavy atom. The molecule has 2 N–H and O–H groups in total. The molecule has 1 aliphatic heterocycles. The van der Waals surface area contributed by atoms with Crippen LogP contribution in [0.5, 0.6) is 0 Å². The normalized spacial score (nSPS) is 16.3. The minimum absolute atomic E-state index is 0.0653. The van der Waals surface area contributed by atoms with Gasteiger partial charge in [0.25, 0.3) is 5.91 Å². The number of rotatable bonds is 3. The first-order valence-electron chi connectivity index (χ1n) is 9.71. The smallest absolute Gasteiger partial charge is 0.274 e. The van der Waals surface area contributed by atoms with Crippen molar-refractivity contribution < 1.29 is 4.79 Å². The van der Waals surface area contributed by atoms with Gasteiger partial charge >= 0.3 is 0 Å². The van der Waals surface area contributed by atoms with E-state index >= 15 is 0 Å². The van der Waals surface area contributed by atoms with Gasteiger partial charge in [-0.1, -0.05) is 17.7 Å². The number of carbonyl (C=O) groups is 1. The van der Waals surface area contributed by atoms with Gasteiger partial charge < -0.3 is 15.0 Å². The van der Waals surface area contributed by atoms with Gasteiger partial charge in [0, 0.05) is 42.5 Å². The van der Waals surface area contributed by atoms with Gasteiger partial charge in [-0.15, -0.1) is 0 Å². The number of hydrogen-bond acceptors (Lipinski definition) is 5. The van der Waals surface area contributed by atoms with Gasteiger partial charge in [-0.2, -0.15) is 0 Å². The molecule has 5 heterocycles. The Labute approximate surface area is 178 Å². The lowest BCUT2D eigenvalue weighted by Gasteiger charge is -2.23. The number of nitrogens with two attached hydrogens (primary N) is 1. The Hall–Kier alpha value is -3.45. The van der Waals surface area contributed by atoms with Crippen molar-refractivity contribution in [3.63, 3.8) is 0 Å². The second-order valence-corrected chi connectivity index (χ2v) is 7.78. The van der Waals surface area contributed by atoms with E-state index < -0.39 is 0 Å². The highest BCUT2D eigenvalue weighted by molar-refractivity contribution is 6.30. The van der Waals surface area contributed by atoms with E-state index in [1.165, 1.54) is 0 Å². The number of imidazole rings is 1. The number of aromatic nitrogens is 4. The van der Waals surface area contributed by atoms with Crippen LogP contribution in [-0.2, 0) is 0 Å². The molecule has 0 aromatic carbocycles.